The van der Waals surface area contributed by atoms with Crippen molar-refractivity contribution in [2.75, 3.05) is 0 Å². The summed E-state index contributed by atoms with van der Waals surface area (Å²) in [6.07, 6.45) is 0.461. The van der Waals surface area contributed by atoms with Crippen LogP contribution in [0.15, 0.2) is 0 Å². The fourth-order valence-corrected chi connectivity index (χ4v) is 1.39. The van der Waals surface area contributed by atoms with E-state index in [1.807, 2.05) is 0 Å². The van der Waals surface area contributed by atoms with Crippen molar-refractivity contribution >= 4 is 27.9 Å². The Hall–Kier alpha value is 0.0700. The van der Waals surface area contributed by atoms with E-state index in [1.54, 1.807) is 6.92 Å². The summed E-state index contributed by atoms with van der Waals surface area (Å²) in [6, 6.07) is 0. The molecule has 60 valence electrons. The highest BCUT2D eigenvalue weighted by molar-refractivity contribution is 7.79. The van der Waals surface area contributed by atoms with Crippen molar-refractivity contribution in [1.82, 2.24) is 0 Å². The van der Waals surface area contributed by atoms with Gasteiger partial charge in [-0.15, -0.1) is 0 Å². The summed E-state index contributed by atoms with van der Waals surface area (Å²) in [5.74, 6) is 0. The van der Waals surface area contributed by atoms with Crippen LogP contribution in [0.3, 0.4) is 0 Å². The van der Waals surface area contributed by atoms with Crippen LogP contribution in [0.2, 0.25) is 0 Å². The molecule has 0 aromatic heterocycles. The van der Waals surface area contributed by atoms with Gasteiger partial charge in [0.15, 0.2) is 11.1 Å². The van der Waals surface area contributed by atoms with E-state index in [1.165, 1.54) is 0 Å². The lowest BCUT2D eigenvalue weighted by Crippen LogP contribution is -2.15. The number of carbonyl (C=O) groups excluding carboxylic acids is 1. The zero-order valence-corrected chi connectivity index (χ0v) is 7.11. The van der Waals surface area contributed by atoms with Crippen LogP contribution in [0.25, 0.3) is 0 Å². The van der Waals surface area contributed by atoms with E-state index in [2.05, 4.69) is 0 Å². The first kappa shape index (κ1) is 10.1. The van der Waals surface area contributed by atoms with Gasteiger partial charge in [-0.3, -0.25) is 4.79 Å². The molecule has 0 spiro atoms. The lowest BCUT2D eigenvalue weighted by molar-refractivity contribution is -0.111. The highest BCUT2D eigenvalue weighted by atomic mass is 35.5. The van der Waals surface area contributed by atoms with Gasteiger partial charge in [0.25, 0.3) is 0 Å². The number of hydrogen-bond acceptors (Lipinski definition) is 2. The van der Waals surface area contributed by atoms with Crippen LogP contribution in [0.5, 0.6) is 0 Å². The zero-order valence-electron chi connectivity index (χ0n) is 5.54. The van der Waals surface area contributed by atoms with E-state index in [4.69, 9.17) is 16.2 Å². The molecule has 0 aliphatic rings. The molecule has 0 rings (SSSR count). The van der Waals surface area contributed by atoms with Gasteiger partial charge >= 0.3 is 0 Å². The van der Waals surface area contributed by atoms with Gasteiger partial charge in [0.2, 0.25) is 5.24 Å². The first-order valence-electron chi connectivity index (χ1n) is 2.86. The lowest BCUT2D eigenvalue weighted by atomic mass is 10.3. The average molecular weight is 185 g/mol. The van der Waals surface area contributed by atoms with E-state index >= 15 is 0 Å². The average Bonchev–Trinajstić information content (AvgIpc) is 1.81. The molecule has 5 heteroatoms. The van der Waals surface area contributed by atoms with E-state index < -0.39 is 21.6 Å². The van der Waals surface area contributed by atoms with Crippen molar-refractivity contribution < 1.29 is 13.6 Å². The van der Waals surface area contributed by atoms with Crippen LogP contribution in [0.4, 0.5) is 0 Å². The molecule has 0 bridgehead atoms. The molecule has 0 fully saturated rings. The Morgan fingerprint density at radius 2 is 2.30 bits per heavy atom. The van der Waals surface area contributed by atoms with E-state index in [0.29, 0.717) is 6.42 Å². The van der Waals surface area contributed by atoms with Gasteiger partial charge < -0.3 is 4.55 Å². The molecule has 0 aromatic carbocycles. The largest absolute Gasteiger partial charge is 0.306 e. The van der Waals surface area contributed by atoms with Gasteiger partial charge in [0.1, 0.15) is 0 Å². The third kappa shape index (κ3) is 3.98. The van der Waals surface area contributed by atoms with E-state index in [0.717, 1.165) is 0 Å². The van der Waals surface area contributed by atoms with Crippen molar-refractivity contribution in [3.05, 3.63) is 0 Å². The van der Waals surface area contributed by atoms with Crippen molar-refractivity contribution in [1.29, 1.82) is 0 Å². The summed E-state index contributed by atoms with van der Waals surface area (Å²) < 4.78 is 18.9. The molecule has 2 unspecified atom stereocenters. The Bertz CT molecular complexity index is 148. The quantitative estimate of drug-likeness (QED) is 0.527. The third-order valence-electron chi connectivity index (χ3n) is 1.13. The molecule has 2 atom stereocenters. The van der Waals surface area contributed by atoms with E-state index in [9.17, 15) is 9.00 Å². The highest BCUT2D eigenvalue weighted by Gasteiger charge is 2.15. The minimum absolute atomic E-state index is 0.0266. The smallest absolute Gasteiger partial charge is 0.222 e. The standard InChI is InChI=1S/C5H9ClO3S/c1-2-4(10(8)9)3-5(6)7/h4H,2-3H2,1H3,(H,8,9). The number of hydrogen-bond donors (Lipinski definition) is 1. The fraction of sp³-hybridized carbons (Fsp3) is 0.800. The second-order valence-electron chi connectivity index (χ2n) is 1.87. The Morgan fingerprint density at radius 1 is 1.80 bits per heavy atom. The minimum Gasteiger partial charge on any atom is -0.306 e. The van der Waals surface area contributed by atoms with Crippen molar-refractivity contribution in [2.24, 2.45) is 0 Å². The van der Waals surface area contributed by atoms with Crippen molar-refractivity contribution in [3.8, 4) is 0 Å². The van der Waals surface area contributed by atoms with Gasteiger partial charge in [-0.2, -0.15) is 0 Å². The molecule has 0 aromatic rings. The number of halogens is 1. The molecule has 0 radical (unpaired) electrons. The summed E-state index contributed by atoms with van der Waals surface area (Å²) in [6.45, 7) is 1.73. The molecular weight excluding hydrogens is 176 g/mol. The van der Waals surface area contributed by atoms with Crippen LogP contribution in [-0.2, 0) is 15.9 Å². The molecule has 0 aliphatic carbocycles. The second kappa shape index (κ2) is 4.82. The molecule has 1 N–H and O–H groups in total. The zero-order chi connectivity index (χ0) is 8.15. The first-order valence-corrected chi connectivity index (χ1v) is 4.40. The number of rotatable bonds is 4. The molecule has 0 saturated carbocycles. The number of carbonyl (C=O) groups is 1. The Labute approximate surface area is 67.0 Å². The van der Waals surface area contributed by atoms with Crippen LogP contribution in [0.1, 0.15) is 19.8 Å². The molecule has 0 saturated heterocycles. The lowest BCUT2D eigenvalue weighted by Gasteiger charge is -2.04. The SMILES string of the molecule is CCC(CC(=O)Cl)S(=O)O. The van der Waals surface area contributed by atoms with Crippen molar-refractivity contribution in [2.45, 2.75) is 25.0 Å². The molecular formula is C5H9ClO3S. The summed E-state index contributed by atoms with van der Waals surface area (Å²) in [4.78, 5) is 10.2. The maximum atomic E-state index is 10.4. The summed E-state index contributed by atoms with van der Waals surface area (Å²) >= 11 is 3.08. The molecule has 0 heterocycles. The van der Waals surface area contributed by atoms with Gasteiger partial charge in [0, 0.05) is 6.42 Å². The molecule has 10 heavy (non-hydrogen) atoms. The molecule has 3 nitrogen and oxygen atoms in total. The highest BCUT2D eigenvalue weighted by Crippen LogP contribution is 2.06. The predicted molar refractivity (Wildman–Crippen MR) is 40.3 cm³/mol. The Balaban J connectivity index is 3.83. The maximum Gasteiger partial charge on any atom is 0.222 e. The normalized spacial score (nSPS) is 16.3. The molecule has 0 amide bonds. The Morgan fingerprint density at radius 3 is 2.40 bits per heavy atom. The van der Waals surface area contributed by atoms with E-state index in [-0.39, 0.29) is 6.42 Å². The summed E-state index contributed by atoms with van der Waals surface area (Å²) in [7, 11) is 0. The summed E-state index contributed by atoms with van der Waals surface area (Å²) in [5, 5.41) is -1.07. The monoisotopic (exact) mass is 184 g/mol. The van der Waals surface area contributed by atoms with Gasteiger partial charge in [0.05, 0.1) is 5.25 Å². The predicted octanol–water partition coefficient (Wildman–Crippen LogP) is 1.14. The third-order valence-corrected chi connectivity index (χ3v) is 2.35. The van der Waals surface area contributed by atoms with Crippen LogP contribution < -0.4 is 0 Å². The minimum atomic E-state index is -1.93. The fourth-order valence-electron chi connectivity index (χ4n) is 0.537. The van der Waals surface area contributed by atoms with Gasteiger partial charge in [-0.25, -0.2) is 4.21 Å². The topological polar surface area (TPSA) is 54.4 Å². The second-order valence-corrected chi connectivity index (χ2v) is 3.51. The van der Waals surface area contributed by atoms with Gasteiger partial charge in [-0.1, -0.05) is 6.92 Å². The molecule has 0 aliphatic heterocycles. The van der Waals surface area contributed by atoms with Gasteiger partial charge in [-0.05, 0) is 18.0 Å². The van der Waals surface area contributed by atoms with Crippen LogP contribution in [0, 0.1) is 0 Å². The summed E-state index contributed by atoms with van der Waals surface area (Å²) in [5.41, 5.74) is 0. The Kier molecular flexibility index (Phi) is 4.85. The first-order chi connectivity index (χ1) is 4.57. The maximum absolute atomic E-state index is 10.4. The van der Waals surface area contributed by atoms with Crippen LogP contribution >= 0.6 is 11.6 Å². The van der Waals surface area contributed by atoms with Crippen LogP contribution in [-0.4, -0.2) is 19.3 Å². The van der Waals surface area contributed by atoms with Crippen molar-refractivity contribution in [3.63, 3.8) is 0 Å².